The summed E-state index contributed by atoms with van der Waals surface area (Å²) in [5.74, 6) is -0.0841. The molecule has 0 bridgehead atoms. The second-order valence-electron chi connectivity index (χ2n) is 5.90. The molecule has 3 aromatic rings. The van der Waals surface area contributed by atoms with Crippen LogP contribution in [0.15, 0.2) is 57.3 Å². The normalized spacial score (nSPS) is 11.0. The van der Waals surface area contributed by atoms with Crippen LogP contribution in [0.2, 0.25) is 0 Å². The Bertz CT molecular complexity index is 1030. The summed E-state index contributed by atoms with van der Waals surface area (Å²) in [6.45, 7) is 1.88. The molecule has 3 rings (SSSR count). The monoisotopic (exact) mass is 412 g/mol. The van der Waals surface area contributed by atoms with E-state index in [1.807, 2.05) is 24.5 Å². The smallest absolute Gasteiger partial charge is 0.344 e. The largest absolute Gasteiger partial charge is 0.482 e. The number of anilines is 1. The van der Waals surface area contributed by atoms with Crippen molar-refractivity contribution >= 4 is 46.7 Å². The van der Waals surface area contributed by atoms with Crippen LogP contribution in [0.1, 0.15) is 23.0 Å². The van der Waals surface area contributed by atoms with E-state index in [0.717, 1.165) is 10.9 Å². The number of fused-ring (bicyclic) bond motifs is 1. The Balaban J connectivity index is 1.63. The zero-order valence-electron chi connectivity index (χ0n) is 16.0. The molecule has 8 heteroatoms. The van der Waals surface area contributed by atoms with E-state index in [1.54, 1.807) is 43.5 Å². The second kappa shape index (κ2) is 9.79. The van der Waals surface area contributed by atoms with Crippen LogP contribution in [0.3, 0.4) is 0 Å². The number of nitrogens with zero attached hydrogens (tertiary/aromatic N) is 1. The topological polar surface area (TPSA) is 90.1 Å². The molecule has 0 atom stereocenters. The lowest BCUT2D eigenvalue weighted by molar-refractivity contribution is -0.145. The van der Waals surface area contributed by atoms with Crippen molar-refractivity contribution in [3.05, 3.63) is 59.9 Å². The first-order valence-corrected chi connectivity index (χ1v) is 10.1. The summed E-state index contributed by atoms with van der Waals surface area (Å²) in [4.78, 5) is 23.8. The van der Waals surface area contributed by atoms with E-state index in [4.69, 9.17) is 13.9 Å². The number of nitrogens with one attached hydrogen (secondary N) is 1. The van der Waals surface area contributed by atoms with Crippen molar-refractivity contribution in [1.29, 1.82) is 0 Å². The Morgan fingerprint density at radius 2 is 1.97 bits per heavy atom. The van der Waals surface area contributed by atoms with Crippen LogP contribution in [0.5, 0.6) is 5.75 Å². The van der Waals surface area contributed by atoms with Gasteiger partial charge in [-0.25, -0.2) is 9.19 Å². The predicted octanol–water partition coefficient (Wildman–Crippen LogP) is 4.32. The molecule has 1 heterocycles. The van der Waals surface area contributed by atoms with Gasteiger partial charge in [-0.3, -0.25) is 4.79 Å². The van der Waals surface area contributed by atoms with Crippen molar-refractivity contribution in [3.8, 4) is 5.75 Å². The van der Waals surface area contributed by atoms with Crippen molar-refractivity contribution in [3.63, 3.8) is 0 Å². The predicted molar refractivity (Wildman–Crippen MR) is 114 cm³/mol. The summed E-state index contributed by atoms with van der Waals surface area (Å²) in [7, 11) is 0. The summed E-state index contributed by atoms with van der Waals surface area (Å²) in [6.07, 6.45) is 3.64. The van der Waals surface area contributed by atoms with Crippen LogP contribution >= 0.6 is 11.9 Å². The van der Waals surface area contributed by atoms with E-state index in [9.17, 15) is 9.59 Å². The molecule has 1 aromatic heterocycles. The number of carbonyl (C=O) groups excluding carboxylic acids is 2. The molecule has 0 radical (unpaired) electrons. The summed E-state index contributed by atoms with van der Waals surface area (Å²) >= 11 is 1.37. The number of ether oxygens (including phenoxy) is 2. The highest BCUT2D eigenvalue weighted by Gasteiger charge is 2.13. The van der Waals surface area contributed by atoms with Crippen LogP contribution in [-0.4, -0.2) is 37.6 Å². The third-order valence-corrected chi connectivity index (χ3v) is 4.16. The van der Waals surface area contributed by atoms with E-state index in [-0.39, 0.29) is 18.3 Å². The van der Waals surface area contributed by atoms with E-state index in [0.29, 0.717) is 23.6 Å². The Kier molecular flexibility index (Phi) is 6.91. The Labute approximate surface area is 172 Å². The molecular formula is C21H20N2O5S. The molecule has 0 aliphatic rings. The van der Waals surface area contributed by atoms with Gasteiger partial charge in [0.25, 0.3) is 5.91 Å². The molecule has 29 heavy (non-hydrogen) atoms. The highest BCUT2D eigenvalue weighted by atomic mass is 32.2. The second-order valence-corrected chi connectivity index (χ2v) is 6.47. The minimum atomic E-state index is -0.433. The quantitative estimate of drug-likeness (QED) is 0.337. The lowest BCUT2D eigenvalue weighted by Crippen LogP contribution is -2.14. The van der Waals surface area contributed by atoms with Gasteiger partial charge in [0.1, 0.15) is 11.3 Å². The molecule has 0 saturated carbocycles. The van der Waals surface area contributed by atoms with Crippen LogP contribution in [-0.2, 0) is 9.53 Å². The van der Waals surface area contributed by atoms with Gasteiger partial charge in [0.2, 0.25) is 0 Å². The number of benzene rings is 2. The third-order valence-electron chi connectivity index (χ3n) is 3.85. The van der Waals surface area contributed by atoms with Crippen molar-refractivity contribution in [1.82, 2.24) is 0 Å². The van der Waals surface area contributed by atoms with Crippen molar-refractivity contribution in [2.45, 2.75) is 6.92 Å². The summed E-state index contributed by atoms with van der Waals surface area (Å²) in [6, 6.07) is 14.0. The maximum absolute atomic E-state index is 12.5. The molecule has 7 nitrogen and oxygen atoms in total. The van der Waals surface area contributed by atoms with Gasteiger partial charge in [0, 0.05) is 23.5 Å². The first-order chi connectivity index (χ1) is 14.1. The Morgan fingerprint density at radius 3 is 2.69 bits per heavy atom. The van der Waals surface area contributed by atoms with Crippen LogP contribution in [0.25, 0.3) is 11.0 Å². The summed E-state index contributed by atoms with van der Waals surface area (Å²) < 4.78 is 19.9. The molecule has 0 aliphatic heterocycles. The fraction of sp³-hybridized carbons (Fsp3) is 0.190. The number of hydrogen-bond donors (Lipinski definition) is 1. The summed E-state index contributed by atoms with van der Waals surface area (Å²) in [5, 5.41) is 3.59. The molecule has 0 unspecified atom stereocenters. The van der Waals surface area contributed by atoms with Gasteiger partial charge in [-0.2, -0.15) is 0 Å². The maximum atomic E-state index is 12.5. The van der Waals surface area contributed by atoms with Gasteiger partial charge in [-0.1, -0.05) is 0 Å². The molecule has 0 spiro atoms. The molecule has 0 saturated heterocycles. The fourth-order valence-electron chi connectivity index (χ4n) is 2.54. The zero-order chi connectivity index (χ0) is 20.6. The Hall–Kier alpha value is -3.26. The molecule has 2 aromatic carbocycles. The molecule has 1 N–H and O–H groups in total. The van der Waals surface area contributed by atoms with Crippen LogP contribution in [0.4, 0.5) is 5.69 Å². The SMILES string of the molecule is CCOC(=O)COc1ccc(NC(=O)c2cc3cc(/C=N/SC)ccc3o2)cc1. The highest BCUT2D eigenvalue weighted by Crippen LogP contribution is 2.22. The maximum Gasteiger partial charge on any atom is 0.344 e. The van der Waals surface area contributed by atoms with E-state index < -0.39 is 5.97 Å². The standard InChI is InChI=1S/C21H20N2O5S/c1-3-26-20(24)13-27-17-7-5-16(6-8-17)23-21(25)19-11-15-10-14(12-22-29-2)4-9-18(15)28-19/h4-12H,3,13H2,1-2H3,(H,23,25)/b22-12+. The number of esters is 1. The van der Waals surface area contributed by atoms with Gasteiger partial charge in [0.05, 0.1) is 6.61 Å². The molecular weight excluding hydrogens is 392 g/mol. The van der Waals surface area contributed by atoms with Gasteiger partial charge in [0.15, 0.2) is 12.4 Å². The average molecular weight is 412 g/mol. The van der Waals surface area contributed by atoms with Gasteiger partial charge >= 0.3 is 5.97 Å². The van der Waals surface area contributed by atoms with Crippen molar-refractivity contribution in [2.75, 3.05) is 24.8 Å². The number of amides is 1. The zero-order valence-corrected chi connectivity index (χ0v) is 16.8. The van der Waals surface area contributed by atoms with E-state index >= 15 is 0 Å². The molecule has 0 fully saturated rings. The minimum absolute atomic E-state index is 0.165. The Morgan fingerprint density at radius 1 is 1.17 bits per heavy atom. The lowest BCUT2D eigenvalue weighted by Gasteiger charge is -2.07. The van der Waals surface area contributed by atoms with E-state index in [1.165, 1.54) is 11.9 Å². The van der Waals surface area contributed by atoms with Crippen LogP contribution in [0, 0.1) is 0 Å². The number of hydrogen-bond acceptors (Lipinski definition) is 7. The first-order valence-electron chi connectivity index (χ1n) is 8.89. The lowest BCUT2D eigenvalue weighted by atomic mass is 10.2. The third kappa shape index (κ3) is 5.61. The average Bonchev–Trinajstić information content (AvgIpc) is 3.15. The van der Waals surface area contributed by atoms with E-state index in [2.05, 4.69) is 9.71 Å². The highest BCUT2D eigenvalue weighted by molar-refractivity contribution is 7.97. The minimum Gasteiger partial charge on any atom is -0.482 e. The first kappa shape index (κ1) is 20.5. The molecule has 0 aliphatic carbocycles. The number of carbonyl (C=O) groups is 2. The van der Waals surface area contributed by atoms with Crippen LogP contribution < -0.4 is 10.1 Å². The fourth-order valence-corrected chi connectivity index (χ4v) is 2.77. The number of rotatable bonds is 8. The van der Waals surface area contributed by atoms with Gasteiger partial charge in [-0.05, 0) is 73.0 Å². The van der Waals surface area contributed by atoms with Crippen molar-refractivity contribution < 1.29 is 23.5 Å². The van der Waals surface area contributed by atoms with Gasteiger partial charge in [-0.15, -0.1) is 0 Å². The molecule has 1 amide bonds. The summed E-state index contributed by atoms with van der Waals surface area (Å²) in [5.41, 5.74) is 2.13. The number of furan rings is 1. The van der Waals surface area contributed by atoms with Gasteiger partial charge < -0.3 is 19.2 Å². The van der Waals surface area contributed by atoms with Crippen molar-refractivity contribution in [2.24, 2.45) is 4.40 Å². The molecule has 150 valence electrons.